The third-order valence-electron chi connectivity index (χ3n) is 3.39. The third kappa shape index (κ3) is 3.16. The van der Waals surface area contributed by atoms with Gasteiger partial charge in [0.05, 0.1) is 4.90 Å². The molecular formula is C13H19FN2O2S2. The van der Waals surface area contributed by atoms with Gasteiger partial charge in [0.1, 0.15) is 5.82 Å². The first-order chi connectivity index (χ1) is 9.46. The lowest BCUT2D eigenvalue weighted by atomic mass is 10.1. The largest absolute Gasteiger partial charge is 0.326 e. The predicted octanol–water partition coefficient (Wildman–Crippen LogP) is 1.72. The van der Waals surface area contributed by atoms with E-state index in [9.17, 15) is 12.8 Å². The van der Waals surface area contributed by atoms with Crippen LogP contribution in [0.25, 0.3) is 0 Å². The quantitative estimate of drug-likeness (QED) is 0.922. The van der Waals surface area contributed by atoms with Crippen LogP contribution in [0.15, 0.2) is 17.0 Å². The van der Waals surface area contributed by atoms with Gasteiger partial charge in [0.2, 0.25) is 10.0 Å². The van der Waals surface area contributed by atoms with Crippen molar-refractivity contribution < 1.29 is 12.8 Å². The SMILES string of the molecule is Cc1c(F)cc(CN)cc1S(=O)(=O)N1CCCSCC1. The number of rotatable bonds is 3. The molecule has 1 fully saturated rings. The molecule has 1 heterocycles. The number of benzene rings is 1. The number of thioether (sulfide) groups is 1. The maximum Gasteiger partial charge on any atom is 0.243 e. The maximum absolute atomic E-state index is 13.9. The Morgan fingerprint density at radius 1 is 1.35 bits per heavy atom. The van der Waals surface area contributed by atoms with E-state index in [4.69, 9.17) is 5.73 Å². The second-order valence-electron chi connectivity index (χ2n) is 4.77. The molecule has 0 atom stereocenters. The van der Waals surface area contributed by atoms with Crippen molar-refractivity contribution in [1.82, 2.24) is 4.31 Å². The fourth-order valence-electron chi connectivity index (χ4n) is 2.20. The van der Waals surface area contributed by atoms with Crippen LogP contribution >= 0.6 is 11.8 Å². The van der Waals surface area contributed by atoms with Crippen molar-refractivity contribution in [2.24, 2.45) is 5.73 Å². The van der Waals surface area contributed by atoms with Crippen LogP contribution in [0.3, 0.4) is 0 Å². The number of sulfonamides is 1. The summed E-state index contributed by atoms with van der Waals surface area (Å²) < 4.78 is 40.7. The molecule has 0 bridgehead atoms. The van der Waals surface area contributed by atoms with Crippen molar-refractivity contribution in [2.45, 2.75) is 24.8 Å². The molecule has 1 aromatic carbocycles. The van der Waals surface area contributed by atoms with E-state index in [1.807, 2.05) is 0 Å². The van der Waals surface area contributed by atoms with E-state index in [2.05, 4.69) is 0 Å². The highest BCUT2D eigenvalue weighted by molar-refractivity contribution is 7.99. The lowest BCUT2D eigenvalue weighted by Crippen LogP contribution is -2.33. The Kier molecular flexibility index (Phi) is 5.06. The van der Waals surface area contributed by atoms with Gasteiger partial charge >= 0.3 is 0 Å². The first kappa shape index (κ1) is 15.8. The normalized spacial score (nSPS) is 17.9. The highest BCUT2D eigenvalue weighted by Crippen LogP contribution is 2.25. The zero-order valence-electron chi connectivity index (χ0n) is 11.4. The van der Waals surface area contributed by atoms with Crippen LogP contribution in [0.2, 0.25) is 0 Å². The van der Waals surface area contributed by atoms with E-state index in [1.165, 1.54) is 23.4 Å². The minimum absolute atomic E-state index is 0.0462. The summed E-state index contributed by atoms with van der Waals surface area (Å²) >= 11 is 1.75. The lowest BCUT2D eigenvalue weighted by Gasteiger charge is -2.21. The van der Waals surface area contributed by atoms with E-state index in [0.717, 1.165) is 17.9 Å². The van der Waals surface area contributed by atoms with Gasteiger partial charge in [0.15, 0.2) is 0 Å². The second kappa shape index (κ2) is 6.43. The molecule has 0 aliphatic carbocycles. The van der Waals surface area contributed by atoms with Gasteiger partial charge in [-0.25, -0.2) is 12.8 Å². The molecule has 4 nitrogen and oxygen atoms in total. The van der Waals surface area contributed by atoms with Crippen LogP contribution in [0.1, 0.15) is 17.5 Å². The highest BCUT2D eigenvalue weighted by atomic mass is 32.2. The summed E-state index contributed by atoms with van der Waals surface area (Å²) in [6, 6.07) is 2.79. The average molecular weight is 318 g/mol. The molecule has 0 amide bonds. The Morgan fingerprint density at radius 3 is 2.80 bits per heavy atom. The first-order valence-corrected chi connectivity index (χ1v) is 9.13. The number of nitrogens with two attached hydrogens (primary N) is 1. The summed E-state index contributed by atoms with van der Waals surface area (Å²) in [6.07, 6.45) is 0.821. The number of nitrogens with zero attached hydrogens (tertiary/aromatic N) is 1. The first-order valence-electron chi connectivity index (χ1n) is 6.54. The van der Waals surface area contributed by atoms with Crippen LogP contribution in [-0.2, 0) is 16.6 Å². The van der Waals surface area contributed by atoms with Gasteiger partial charge < -0.3 is 5.73 Å². The smallest absolute Gasteiger partial charge is 0.243 e. The summed E-state index contributed by atoms with van der Waals surface area (Å²) in [4.78, 5) is 0.0462. The van der Waals surface area contributed by atoms with Crippen LogP contribution in [0.4, 0.5) is 4.39 Å². The zero-order chi connectivity index (χ0) is 14.8. The van der Waals surface area contributed by atoms with E-state index < -0.39 is 15.8 Å². The summed E-state index contributed by atoms with van der Waals surface area (Å²) in [5, 5.41) is 0. The molecule has 2 rings (SSSR count). The van der Waals surface area contributed by atoms with Crippen molar-refractivity contribution >= 4 is 21.8 Å². The second-order valence-corrected chi connectivity index (χ2v) is 7.91. The highest BCUT2D eigenvalue weighted by Gasteiger charge is 2.28. The van der Waals surface area contributed by atoms with Crippen LogP contribution in [0, 0.1) is 12.7 Å². The van der Waals surface area contributed by atoms with Crippen molar-refractivity contribution in [3.05, 3.63) is 29.1 Å². The van der Waals surface area contributed by atoms with Crippen LogP contribution in [-0.4, -0.2) is 37.3 Å². The summed E-state index contributed by atoms with van der Waals surface area (Å²) in [6.45, 7) is 2.58. The van der Waals surface area contributed by atoms with Crippen molar-refractivity contribution in [2.75, 3.05) is 24.6 Å². The average Bonchev–Trinajstić information content (AvgIpc) is 2.70. The van der Waals surface area contributed by atoms with Crippen LogP contribution in [0.5, 0.6) is 0 Å². The lowest BCUT2D eigenvalue weighted by molar-refractivity contribution is 0.434. The topological polar surface area (TPSA) is 63.4 Å². The van der Waals surface area contributed by atoms with Gasteiger partial charge in [-0.15, -0.1) is 0 Å². The predicted molar refractivity (Wildman–Crippen MR) is 79.7 cm³/mol. The molecular weight excluding hydrogens is 299 g/mol. The third-order valence-corrected chi connectivity index (χ3v) is 6.46. The van der Waals surface area contributed by atoms with Crippen molar-refractivity contribution in [3.8, 4) is 0 Å². The molecule has 112 valence electrons. The van der Waals surface area contributed by atoms with Gasteiger partial charge in [-0.05, 0) is 36.8 Å². The molecule has 1 aromatic rings. The van der Waals surface area contributed by atoms with E-state index in [0.29, 0.717) is 18.7 Å². The summed E-state index contributed by atoms with van der Waals surface area (Å²) in [7, 11) is -3.65. The fraction of sp³-hybridized carbons (Fsp3) is 0.538. The summed E-state index contributed by atoms with van der Waals surface area (Å²) in [5.41, 5.74) is 6.17. The van der Waals surface area contributed by atoms with Gasteiger partial charge in [-0.2, -0.15) is 16.1 Å². The Bertz CT molecular complexity index is 582. The Labute approximate surface area is 123 Å². The number of hydrogen-bond donors (Lipinski definition) is 1. The zero-order valence-corrected chi connectivity index (χ0v) is 13.1. The van der Waals surface area contributed by atoms with Crippen LogP contribution < -0.4 is 5.73 Å². The minimum atomic E-state index is -3.65. The Hall–Kier alpha value is -0.630. The molecule has 1 saturated heterocycles. The minimum Gasteiger partial charge on any atom is -0.326 e. The standard InChI is InChI=1S/C13H19FN2O2S2/c1-10-12(14)7-11(9-15)8-13(10)20(17,18)16-3-2-5-19-6-4-16/h7-8H,2-6,9,15H2,1H3. The number of hydrogen-bond acceptors (Lipinski definition) is 4. The molecule has 0 aromatic heterocycles. The van der Waals surface area contributed by atoms with Gasteiger partial charge in [0, 0.05) is 31.0 Å². The molecule has 20 heavy (non-hydrogen) atoms. The maximum atomic E-state index is 13.9. The van der Waals surface area contributed by atoms with Gasteiger partial charge in [-0.3, -0.25) is 0 Å². The molecule has 0 unspecified atom stereocenters. The van der Waals surface area contributed by atoms with E-state index in [-0.39, 0.29) is 17.0 Å². The molecule has 0 saturated carbocycles. The van der Waals surface area contributed by atoms with Crippen molar-refractivity contribution in [1.29, 1.82) is 0 Å². The van der Waals surface area contributed by atoms with Gasteiger partial charge in [0.25, 0.3) is 0 Å². The molecule has 1 aliphatic heterocycles. The molecule has 1 aliphatic rings. The summed E-state index contributed by atoms with van der Waals surface area (Å²) in [5.74, 6) is 1.22. The molecule has 0 radical (unpaired) electrons. The van der Waals surface area contributed by atoms with Gasteiger partial charge in [-0.1, -0.05) is 0 Å². The Balaban J connectivity index is 2.45. The van der Waals surface area contributed by atoms with E-state index >= 15 is 0 Å². The Morgan fingerprint density at radius 2 is 2.10 bits per heavy atom. The molecule has 0 spiro atoms. The molecule has 2 N–H and O–H groups in total. The fourth-order valence-corrected chi connectivity index (χ4v) is 4.96. The van der Waals surface area contributed by atoms with E-state index in [1.54, 1.807) is 11.8 Å². The molecule has 7 heteroatoms. The monoisotopic (exact) mass is 318 g/mol. The number of halogens is 1. The van der Waals surface area contributed by atoms with Crippen molar-refractivity contribution in [3.63, 3.8) is 0 Å².